The van der Waals surface area contributed by atoms with E-state index in [-0.39, 0.29) is 11.7 Å². The van der Waals surface area contributed by atoms with Crippen molar-refractivity contribution in [2.45, 2.75) is 33.0 Å². The normalized spacial score (nSPS) is 11.2. The predicted molar refractivity (Wildman–Crippen MR) is 130 cm³/mol. The van der Waals surface area contributed by atoms with E-state index in [2.05, 4.69) is 50.1 Å². The zero-order valence-electron chi connectivity index (χ0n) is 19.8. The first-order valence-electron chi connectivity index (χ1n) is 10.5. The molecule has 0 aliphatic heterocycles. The van der Waals surface area contributed by atoms with Crippen LogP contribution in [0.15, 0.2) is 46.9 Å². The average molecular weight is 454 g/mol. The van der Waals surface area contributed by atoms with Crippen LogP contribution < -0.4 is 24.7 Å². The standard InChI is InChI=1S/C25H31NO5Si/c1-16-8-10-20(32(5,6)7)13-17(16)12-18-9-11-21(31-18)25(27)26-24-22(29-3)14-19(28-2)15-23(24)30-4/h8-11,13-15H,12H2,1-7H3,(H,26,27). The lowest BCUT2D eigenvalue weighted by Crippen LogP contribution is -2.37. The van der Waals surface area contributed by atoms with E-state index in [0.717, 1.165) is 5.76 Å². The Balaban J connectivity index is 1.82. The zero-order chi connectivity index (χ0) is 23.5. The van der Waals surface area contributed by atoms with E-state index in [1.807, 2.05) is 6.07 Å². The summed E-state index contributed by atoms with van der Waals surface area (Å²) in [6.07, 6.45) is 0.632. The number of rotatable bonds is 8. The van der Waals surface area contributed by atoms with Crippen molar-refractivity contribution in [3.8, 4) is 17.2 Å². The number of carbonyl (C=O) groups excluding carboxylic acids is 1. The molecule has 0 aliphatic rings. The van der Waals surface area contributed by atoms with Gasteiger partial charge in [0, 0.05) is 18.6 Å². The van der Waals surface area contributed by atoms with Gasteiger partial charge in [-0.1, -0.05) is 43.0 Å². The van der Waals surface area contributed by atoms with Crippen molar-refractivity contribution < 1.29 is 23.4 Å². The Labute approximate surface area is 190 Å². The molecule has 1 aromatic heterocycles. The van der Waals surface area contributed by atoms with Crippen molar-refractivity contribution in [3.05, 3.63) is 65.1 Å². The third-order valence-electron chi connectivity index (χ3n) is 5.42. The van der Waals surface area contributed by atoms with Crippen molar-refractivity contribution >= 4 is 24.9 Å². The number of methoxy groups -OCH3 is 3. The van der Waals surface area contributed by atoms with E-state index < -0.39 is 8.07 Å². The first-order valence-corrected chi connectivity index (χ1v) is 14.0. The number of carbonyl (C=O) groups is 1. The number of nitrogens with one attached hydrogen (secondary N) is 1. The first kappa shape index (κ1) is 23.5. The third-order valence-corrected chi connectivity index (χ3v) is 7.46. The molecule has 0 aliphatic carbocycles. The molecule has 7 heteroatoms. The van der Waals surface area contributed by atoms with E-state index in [1.54, 1.807) is 25.3 Å². The molecule has 0 unspecified atom stereocenters. The maximum atomic E-state index is 12.9. The highest BCUT2D eigenvalue weighted by Crippen LogP contribution is 2.39. The minimum atomic E-state index is -1.41. The molecule has 0 spiro atoms. The molecule has 3 rings (SSSR count). The molecule has 6 nitrogen and oxygen atoms in total. The summed E-state index contributed by atoms with van der Waals surface area (Å²) >= 11 is 0. The fraction of sp³-hybridized carbons (Fsp3) is 0.320. The molecule has 0 saturated carbocycles. The molecule has 1 heterocycles. The predicted octanol–water partition coefficient (Wildman–Crippen LogP) is 5.00. The van der Waals surface area contributed by atoms with Gasteiger partial charge in [0.05, 0.1) is 29.4 Å². The highest BCUT2D eigenvalue weighted by molar-refractivity contribution is 6.88. The van der Waals surface area contributed by atoms with Crippen LogP contribution in [-0.2, 0) is 6.42 Å². The van der Waals surface area contributed by atoms with E-state index in [0.29, 0.717) is 29.4 Å². The molecule has 3 aromatic rings. The van der Waals surface area contributed by atoms with Crippen LogP contribution in [0, 0.1) is 6.92 Å². The first-order chi connectivity index (χ1) is 15.2. The number of aryl methyl sites for hydroxylation is 1. The van der Waals surface area contributed by atoms with E-state index in [4.69, 9.17) is 18.6 Å². The second-order valence-corrected chi connectivity index (χ2v) is 13.8. The molecular formula is C25H31NO5Si. The minimum Gasteiger partial charge on any atom is -0.496 e. The lowest BCUT2D eigenvalue weighted by atomic mass is 10.0. The van der Waals surface area contributed by atoms with Crippen LogP contribution in [0.4, 0.5) is 5.69 Å². The smallest absolute Gasteiger partial charge is 0.291 e. The summed E-state index contributed by atoms with van der Waals surface area (Å²) in [5, 5.41) is 4.24. The van der Waals surface area contributed by atoms with Gasteiger partial charge in [-0.05, 0) is 30.2 Å². The lowest BCUT2D eigenvalue weighted by Gasteiger charge is -2.18. The Bertz CT molecular complexity index is 1090. The van der Waals surface area contributed by atoms with Crippen LogP contribution in [0.2, 0.25) is 19.6 Å². The van der Waals surface area contributed by atoms with Gasteiger partial charge in [0.25, 0.3) is 5.91 Å². The topological polar surface area (TPSA) is 69.9 Å². The number of amides is 1. The van der Waals surface area contributed by atoms with Gasteiger partial charge in [0.2, 0.25) is 0 Å². The van der Waals surface area contributed by atoms with Gasteiger partial charge in [0.15, 0.2) is 5.76 Å². The second-order valence-electron chi connectivity index (χ2n) is 8.70. The monoisotopic (exact) mass is 453 g/mol. The number of anilines is 1. The van der Waals surface area contributed by atoms with Crippen molar-refractivity contribution in [2.24, 2.45) is 0 Å². The van der Waals surface area contributed by atoms with Crippen LogP contribution in [0.3, 0.4) is 0 Å². The summed E-state index contributed by atoms with van der Waals surface area (Å²) in [7, 11) is 3.18. The van der Waals surface area contributed by atoms with Gasteiger partial charge < -0.3 is 23.9 Å². The summed E-state index contributed by atoms with van der Waals surface area (Å²) in [6, 6.07) is 13.6. The molecule has 0 fully saturated rings. The summed E-state index contributed by atoms with van der Waals surface area (Å²) in [4.78, 5) is 12.9. The third kappa shape index (κ3) is 5.16. The summed E-state index contributed by atoms with van der Waals surface area (Å²) in [5.74, 6) is 2.00. The molecule has 2 aromatic carbocycles. The van der Waals surface area contributed by atoms with Gasteiger partial charge in [-0.3, -0.25) is 4.79 Å². The Morgan fingerprint density at radius 1 is 0.938 bits per heavy atom. The number of ether oxygens (including phenoxy) is 3. The molecule has 1 N–H and O–H groups in total. The Hall–Kier alpha value is -3.19. The summed E-state index contributed by atoms with van der Waals surface area (Å²) in [5.41, 5.74) is 2.84. The Morgan fingerprint density at radius 3 is 2.16 bits per heavy atom. The maximum Gasteiger partial charge on any atom is 0.291 e. The van der Waals surface area contributed by atoms with E-state index >= 15 is 0 Å². The molecule has 0 radical (unpaired) electrons. The lowest BCUT2D eigenvalue weighted by molar-refractivity contribution is 0.0994. The Kier molecular flexibility index (Phi) is 6.98. The minimum absolute atomic E-state index is 0.221. The van der Waals surface area contributed by atoms with Gasteiger partial charge in [-0.25, -0.2) is 0 Å². The number of furan rings is 1. The largest absolute Gasteiger partial charge is 0.496 e. The Morgan fingerprint density at radius 2 is 1.59 bits per heavy atom. The number of benzene rings is 2. The maximum absolute atomic E-state index is 12.9. The number of hydrogen-bond donors (Lipinski definition) is 1. The fourth-order valence-corrected chi connectivity index (χ4v) is 4.61. The van der Waals surface area contributed by atoms with Crippen molar-refractivity contribution in [1.82, 2.24) is 0 Å². The van der Waals surface area contributed by atoms with Gasteiger partial charge in [-0.15, -0.1) is 0 Å². The summed E-state index contributed by atoms with van der Waals surface area (Å²) in [6.45, 7) is 9.09. The molecular weight excluding hydrogens is 422 g/mol. The zero-order valence-corrected chi connectivity index (χ0v) is 20.8. The van der Waals surface area contributed by atoms with Crippen LogP contribution in [-0.4, -0.2) is 35.3 Å². The van der Waals surface area contributed by atoms with Gasteiger partial charge in [-0.2, -0.15) is 0 Å². The molecule has 0 atom stereocenters. The van der Waals surface area contributed by atoms with Crippen molar-refractivity contribution in [1.29, 1.82) is 0 Å². The second kappa shape index (κ2) is 9.52. The molecule has 0 saturated heterocycles. The van der Waals surface area contributed by atoms with Gasteiger partial charge >= 0.3 is 0 Å². The van der Waals surface area contributed by atoms with E-state index in [9.17, 15) is 4.79 Å². The quantitative estimate of drug-likeness (QED) is 0.486. The fourth-order valence-electron chi connectivity index (χ4n) is 3.42. The van der Waals surface area contributed by atoms with Gasteiger partial charge in [0.1, 0.15) is 28.7 Å². The van der Waals surface area contributed by atoms with Crippen LogP contribution in [0.5, 0.6) is 17.2 Å². The van der Waals surface area contributed by atoms with Crippen LogP contribution >= 0.6 is 0 Å². The molecule has 170 valence electrons. The highest BCUT2D eigenvalue weighted by Gasteiger charge is 2.20. The average Bonchev–Trinajstić information content (AvgIpc) is 3.23. The molecule has 1 amide bonds. The summed E-state index contributed by atoms with van der Waals surface area (Å²) < 4.78 is 21.9. The SMILES string of the molecule is COc1cc(OC)c(NC(=O)c2ccc(Cc3cc([Si](C)(C)C)ccc3C)o2)c(OC)c1. The number of hydrogen-bond acceptors (Lipinski definition) is 5. The van der Waals surface area contributed by atoms with Crippen LogP contribution in [0.25, 0.3) is 0 Å². The van der Waals surface area contributed by atoms with Crippen LogP contribution in [0.1, 0.15) is 27.4 Å². The molecule has 0 bridgehead atoms. The van der Waals surface area contributed by atoms with E-state index in [1.165, 1.54) is 30.5 Å². The highest BCUT2D eigenvalue weighted by atomic mass is 28.3. The van der Waals surface area contributed by atoms with Crippen molar-refractivity contribution in [3.63, 3.8) is 0 Å². The molecule has 32 heavy (non-hydrogen) atoms. The van der Waals surface area contributed by atoms with Crippen molar-refractivity contribution in [2.75, 3.05) is 26.6 Å².